The van der Waals surface area contributed by atoms with E-state index < -0.39 is 12.6 Å². The van der Waals surface area contributed by atoms with Crippen molar-refractivity contribution in [1.29, 1.82) is 0 Å². The summed E-state index contributed by atoms with van der Waals surface area (Å²) in [6, 6.07) is 3.37. The Kier molecular flexibility index (Phi) is 5.53. The number of hydrogen-bond donors (Lipinski definition) is 0. The zero-order chi connectivity index (χ0) is 13.7. The second kappa shape index (κ2) is 6.68. The highest BCUT2D eigenvalue weighted by atomic mass is 79.9. The van der Waals surface area contributed by atoms with E-state index in [2.05, 4.69) is 25.4 Å². The van der Waals surface area contributed by atoms with Crippen LogP contribution in [0.15, 0.2) is 12.1 Å². The summed E-state index contributed by atoms with van der Waals surface area (Å²) in [6.07, 6.45) is -0.0970. The predicted molar refractivity (Wildman–Crippen MR) is 66.2 cm³/mol. The standard InChI is InChI=1S/C12H13BrF2O3/c1-7-3-8(5-10(16)17-2)11(18-12(14)15)9(4-7)6-13/h3-4,12H,5-6H2,1-2H3. The van der Waals surface area contributed by atoms with Gasteiger partial charge in [-0.25, -0.2) is 0 Å². The minimum Gasteiger partial charge on any atom is -0.469 e. The van der Waals surface area contributed by atoms with E-state index in [-0.39, 0.29) is 12.2 Å². The van der Waals surface area contributed by atoms with Crippen molar-refractivity contribution in [2.75, 3.05) is 7.11 Å². The molecule has 18 heavy (non-hydrogen) atoms. The number of benzene rings is 1. The lowest BCUT2D eigenvalue weighted by Gasteiger charge is -2.15. The van der Waals surface area contributed by atoms with Crippen LogP contribution in [0.3, 0.4) is 0 Å². The Morgan fingerprint density at radius 1 is 1.39 bits per heavy atom. The van der Waals surface area contributed by atoms with Gasteiger partial charge in [0.05, 0.1) is 13.5 Å². The van der Waals surface area contributed by atoms with Gasteiger partial charge in [-0.15, -0.1) is 0 Å². The molecule has 0 aromatic heterocycles. The minimum absolute atomic E-state index is 0.0397. The van der Waals surface area contributed by atoms with Crippen molar-refractivity contribution in [3.05, 3.63) is 28.8 Å². The van der Waals surface area contributed by atoms with Gasteiger partial charge in [-0.1, -0.05) is 33.6 Å². The first-order chi connectivity index (χ1) is 8.47. The van der Waals surface area contributed by atoms with Crippen LogP contribution in [-0.4, -0.2) is 19.7 Å². The molecule has 0 aliphatic carbocycles. The van der Waals surface area contributed by atoms with Crippen molar-refractivity contribution < 1.29 is 23.0 Å². The Labute approximate surface area is 112 Å². The molecule has 1 rings (SSSR count). The molecule has 0 saturated carbocycles. The van der Waals surface area contributed by atoms with E-state index in [4.69, 9.17) is 0 Å². The van der Waals surface area contributed by atoms with Gasteiger partial charge < -0.3 is 9.47 Å². The van der Waals surface area contributed by atoms with Gasteiger partial charge in [0.25, 0.3) is 0 Å². The largest absolute Gasteiger partial charge is 0.469 e. The van der Waals surface area contributed by atoms with E-state index >= 15 is 0 Å². The van der Waals surface area contributed by atoms with Crippen LogP contribution in [0.5, 0.6) is 5.75 Å². The van der Waals surface area contributed by atoms with E-state index in [0.29, 0.717) is 16.5 Å². The molecule has 1 aromatic carbocycles. The average molecular weight is 323 g/mol. The highest BCUT2D eigenvalue weighted by Gasteiger charge is 2.17. The third-order valence-corrected chi connectivity index (χ3v) is 2.90. The summed E-state index contributed by atoms with van der Waals surface area (Å²) in [7, 11) is 1.25. The van der Waals surface area contributed by atoms with Gasteiger partial charge in [0.2, 0.25) is 0 Å². The summed E-state index contributed by atoms with van der Waals surface area (Å²) in [5.74, 6) is -0.460. The molecule has 0 bridgehead atoms. The Hall–Kier alpha value is -1.17. The molecule has 0 amide bonds. The molecule has 0 saturated heterocycles. The molecule has 0 heterocycles. The fraction of sp³-hybridized carbons (Fsp3) is 0.417. The van der Waals surface area contributed by atoms with Crippen molar-refractivity contribution in [1.82, 2.24) is 0 Å². The highest BCUT2D eigenvalue weighted by molar-refractivity contribution is 9.08. The Morgan fingerprint density at radius 2 is 2.00 bits per heavy atom. The van der Waals surface area contributed by atoms with Gasteiger partial charge in [0.1, 0.15) is 5.75 Å². The number of rotatable bonds is 5. The summed E-state index contributed by atoms with van der Waals surface area (Å²) in [6.45, 7) is -1.11. The summed E-state index contributed by atoms with van der Waals surface area (Å²) in [4.78, 5) is 11.3. The lowest BCUT2D eigenvalue weighted by atomic mass is 10.0. The molecule has 1 aromatic rings. The lowest BCUT2D eigenvalue weighted by molar-refractivity contribution is -0.139. The fourth-order valence-electron chi connectivity index (χ4n) is 1.63. The van der Waals surface area contributed by atoms with Crippen LogP contribution in [0.4, 0.5) is 8.78 Å². The van der Waals surface area contributed by atoms with Gasteiger partial charge in [0, 0.05) is 16.5 Å². The minimum atomic E-state index is -2.93. The zero-order valence-corrected chi connectivity index (χ0v) is 11.6. The molecule has 0 aliphatic rings. The molecule has 0 fully saturated rings. The normalized spacial score (nSPS) is 10.6. The van der Waals surface area contributed by atoms with E-state index in [1.807, 2.05) is 6.92 Å². The average Bonchev–Trinajstić information content (AvgIpc) is 2.31. The first kappa shape index (κ1) is 14.9. The second-order valence-electron chi connectivity index (χ2n) is 3.68. The number of halogens is 3. The van der Waals surface area contributed by atoms with Gasteiger partial charge in [-0.2, -0.15) is 8.78 Å². The molecule has 3 nitrogen and oxygen atoms in total. The molecule has 0 N–H and O–H groups in total. The first-order valence-electron chi connectivity index (χ1n) is 5.18. The second-order valence-corrected chi connectivity index (χ2v) is 4.24. The molecule has 0 spiro atoms. The summed E-state index contributed by atoms with van der Waals surface area (Å²) in [5, 5.41) is 0.366. The van der Waals surface area contributed by atoms with Crippen molar-refractivity contribution in [3.8, 4) is 5.75 Å². The van der Waals surface area contributed by atoms with E-state index in [1.165, 1.54) is 7.11 Å². The molecule has 6 heteroatoms. The lowest BCUT2D eigenvalue weighted by Crippen LogP contribution is -2.11. The van der Waals surface area contributed by atoms with Crippen LogP contribution >= 0.6 is 15.9 Å². The third-order valence-electron chi connectivity index (χ3n) is 2.30. The molecular weight excluding hydrogens is 310 g/mol. The summed E-state index contributed by atoms with van der Waals surface area (Å²) >= 11 is 3.21. The van der Waals surface area contributed by atoms with Gasteiger partial charge in [-0.05, 0) is 6.92 Å². The zero-order valence-electron chi connectivity index (χ0n) is 10.0. The number of hydrogen-bond acceptors (Lipinski definition) is 3. The third kappa shape index (κ3) is 3.94. The van der Waals surface area contributed by atoms with E-state index in [0.717, 1.165) is 5.56 Å². The summed E-state index contributed by atoms with van der Waals surface area (Å²) < 4.78 is 33.8. The molecule has 0 aliphatic heterocycles. The molecule has 100 valence electrons. The molecule has 0 atom stereocenters. The van der Waals surface area contributed by atoms with E-state index in [9.17, 15) is 13.6 Å². The molecular formula is C12H13BrF2O3. The van der Waals surface area contributed by atoms with Crippen LogP contribution in [0.25, 0.3) is 0 Å². The van der Waals surface area contributed by atoms with Gasteiger partial charge in [0.15, 0.2) is 0 Å². The van der Waals surface area contributed by atoms with Crippen LogP contribution in [-0.2, 0) is 21.3 Å². The van der Waals surface area contributed by atoms with Crippen LogP contribution < -0.4 is 4.74 Å². The number of ether oxygens (including phenoxy) is 2. The number of alkyl halides is 3. The van der Waals surface area contributed by atoms with Crippen molar-refractivity contribution in [2.45, 2.75) is 25.3 Å². The monoisotopic (exact) mass is 322 g/mol. The van der Waals surface area contributed by atoms with Gasteiger partial charge in [-0.3, -0.25) is 4.79 Å². The first-order valence-corrected chi connectivity index (χ1v) is 6.30. The predicted octanol–water partition coefficient (Wildman–Crippen LogP) is 3.21. The smallest absolute Gasteiger partial charge is 0.387 e. The number of carbonyl (C=O) groups excluding carboxylic acids is 1. The summed E-state index contributed by atoms with van der Waals surface area (Å²) in [5.41, 5.74) is 1.84. The highest BCUT2D eigenvalue weighted by Crippen LogP contribution is 2.30. The van der Waals surface area contributed by atoms with Crippen molar-refractivity contribution in [2.24, 2.45) is 0 Å². The van der Waals surface area contributed by atoms with Crippen LogP contribution in [0.1, 0.15) is 16.7 Å². The maximum Gasteiger partial charge on any atom is 0.387 e. The maximum absolute atomic E-state index is 12.4. The quantitative estimate of drug-likeness (QED) is 0.617. The number of carbonyl (C=O) groups is 1. The van der Waals surface area contributed by atoms with Crippen molar-refractivity contribution in [3.63, 3.8) is 0 Å². The van der Waals surface area contributed by atoms with Crippen LogP contribution in [0.2, 0.25) is 0 Å². The number of aryl methyl sites for hydroxylation is 1. The van der Waals surface area contributed by atoms with Crippen molar-refractivity contribution >= 4 is 21.9 Å². The number of esters is 1. The maximum atomic E-state index is 12.4. The van der Waals surface area contributed by atoms with E-state index in [1.54, 1.807) is 12.1 Å². The fourth-order valence-corrected chi connectivity index (χ4v) is 2.04. The Morgan fingerprint density at radius 3 is 2.50 bits per heavy atom. The molecule has 0 radical (unpaired) electrons. The van der Waals surface area contributed by atoms with Gasteiger partial charge >= 0.3 is 12.6 Å². The Balaban J connectivity index is 3.18. The SMILES string of the molecule is COC(=O)Cc1cc(C)cc(CBr)c1OC(F)F. The topological polar surface area (TPSA) is 35.5 Å². The molecule has 0 unspecified atom stereocenters. The number of methoxy groups -OCH3 is 1. The van der Waals surface area contributed by atoms with Crippen LogP contribution in [0, 0.1) is 6.92 Å². The Bertz CT molecular complexity index is 436.